The molecular formula is C9H15N5S. The molecule has 2 rings (SSSR count). The number of guanidine groups is 1. The Balaban J connectivity index is 1.83. The van der Waals surface area contributed by atoms with Gasteiger partial charge in [-0.05, 0) is 18.4 Å². The van der Waals surface area contributed by atoms with E-state index >= 15 is 0 Å². The van der Waals surface area contributed by atoms with E-state index in [4.69, 9.17) is 5.73 Å². The van der Waals surface area contributed by atoms with Crippen LogP contribution < -0.4 is 21.7 Å². The van der Waals surface area contributed by atoms with E-state index < -0.39 is 0 Å². The number of hydrogen-bond donors (Lipinski definition) is 4. The van der Waals surface area contributed by atoms with Crippen LogP contribution in [0.1, 0.15) is 11.8 Å². The molecule has 1 aromatic rings. The van der Waals surface area contributed by atoms with Crippen LogP contribution in [0, 0.1) is 0 Å². The van der Waals surface area contributed by atoms with Crippen molar-refractivity contribution in [3.8, 4) is 0 Å². The fourth-order valence-corrected chi connectivity index (χ4v) is 2.10. The molecule has 0 bridgehead atoms. The summed E-state index contributed by atoms with van der Waals surface area (Å²) < 4.78 is 0. The van der Waals surface area contributed by atoms with Gasteiger partial charge in [0.05, 0.1) is 0 Å². The maximum absolute atomic E-state index is 5.63. The molecule has 5 N–H and O–H groups in total. The lowest BCUT2D eigenvalue weighted by Crippen LogP contribution is -2.61. The molecule has 0 radical (unpaired) electrons. The summed E-state index contributed by atoms with van der Waals surface area (Å²) in [4.78, 5) is 5.41. The Morgan fingerprint density at radius 1 is 1.67 bits per heavy atom. The maximum atomic E-state index is 5.63. The third-order valence-corrected chi connectivity index (χ3v) is 2.97. The van der Waals surface area contributed by atoms with Gasteiger partial charge in [0.25, 0.3) is 0 Å². The molecule has 0 aromatic carbocycles. The van der Waals surface area contributed by atoms with Crippen molar-refractivity contribution >= 4 is 17.3 Å². The molecule has 1 aromatic heterocycles. The second kappa shape index (κ2) is 4.61. The lowest BCUT2D eigenvalue weighted by Gasteiger charge is -2.28. The van der Waals surface area contributed by atoms with Crippen molar-refractivity contribution in [2.45, 2.75) is 25.9 Å². The summed E-state index contributed by atoms with van der Waals surface area (Å²) in [5.74, 6) is 0.477. The minimum atomic E-state index is -0.0143. The fourth-order valence-electron chi connectivity index (χ4n) is 1.44. The van der Waals surface area contributed by atoms with Crippen LogP contribution in [0.3, 0.4) is 0 Å². The van der Waals surface area contributed by atoms with Crippen molar-refractivity contribution in [2.24, 2.45) is 10.7 Å². The van der Waals surface area contributed by atoms with Gasteiger partial charge in [-0.15, -0.1) is 11.3 Å². The highest BCUT2D eigenvalue weighted by molar-refractivity contribution is 7.09. The summed E-state index contributed by atoms with van der Waals surface area (Å²) in [5, 5.41) is 11.6. The summed E-state index contributed by atoms with van der Waals surface area (Å²) in [6.45, 7) is 2.79. The van der Waals surface area contributed by atoms with E-state index in [1.165, 1.54) is 4.88 Å². The molecule has 1 aliphatic rings. The monoisotopic (exact) mass is 225 g/mol. The Labute approximate surface area is 92.8 Å². The predicted molar refractivity (Wildman–Crippen MR) is 62.3 cm³/mol. The van der Waals surface area contributed by atoms with Crippen LogP contribution in [0.2, 0.25) is 0 Å². The highest BCUT2D eigenvalue weighted by Crippen LogP contribution is 2.07. The zero-order valence-corrected chi connectivity index (χ0v) is 9.34. The number of thiophene rings is 1. The minimum Gasteiger partial charge on any atom is -0.370 e. The van der Waals surface area contributed by atoms with Crippen molar-refractivity contribution in [1.82, 2.24) is 16.0 Å². The van der Waals surface area contributed by atoms with Crippen LogP contribution in [0.5, 0.6) is 0 Å². The smallest absolute Gasteiger partial charge is 0.192 e. The van der Waals surface area contributed by atoms with Gasteiger partial charge in [-0.3, -0.25) is 10.6 Å². The van der Waals surface area contributed by atoms with Crippen LogP contribution in [0.25, 0.3) is 0 Å². The van der Waals surface area contributed by atoms with Gasteiger partial charge in [0.15, 0.2) is 5.96 Å². The Hall–Kier alpha value is -1.11. The predicted octanol–water partition coefficient (Wildman–Crippen LogP) is -0.0252. The average molecular weight is 225 g/mol. The highest BCUT2D eigenvalue weighted by atomic mass is 32.1. The highest BCUT2D eigenvalue weighted by Gasteiger charge is 2.16. The largest absolute Gasteiger partial charge is 0.370 e. The molecule has 2 heterocycles. The number of nitrogens with two attached hydrogens (primary N) is 1. The summed E-state index contributed by atoms with van der Waals surface area (Å²) in [7, 11) is 0. The van der Waals surface area contributed by atoms with Gasteiger partial charge in [0.2, 0.25) is 0 Å². The third kappa shape index (κ3) is 2.92. The molecule has 0 aliphatic carbocycles. The van der Waals surface area contributed by atoms with Crippen molar-refractivity contribution in [3.05, 3.63) is 22.4 Å². The Kier molecular flexibility index (Phi) is 3.20. The van der Waals surface area contributed by atoms with Gasteiger partial charge >= 0.3 is 0 Å². The van der Waals surface area contributed by atoms with E-state index in [9.17, 15) is 0 Å². The first-order valence-electron chi connectivity index (χ1n) is 4.85. The molecule has 0 fully saturated rings. The first-order valence-corrected chi connectivity index (χ1v) is 5.73. The van der Waals surface area contributed by atoms with Gasteiger partial charge in [0, 0.05) is 11.4 Å². The van der Waals surface area contributed by atoms with Crippen LogP contribution in [-0.4, -0.2) is 18.4 Å². The van der Waals surface area contributed by atoms with Crippen LogP contribution in [0.15, 0.2) is 22.5 Å². The lowest BCUT2D eigenvalue weighted by molar-refractivity contribution is 0.345. The van der Waals surface area contributed by atoms with Gasteiger partial charge in [0.1, 0.15) is 12.5 Å². The molecule has 0 spiro atoms. The van der Waals surface area contributed by atoms with Crippen molar-refractivity contribution < 1.29 is 0 Å². The second-order valence-electron chi connectivity index (χ2n) is 3.39. The maximum Gasteiger partial charge on any atom is 0.192 e. The molecule has 1 aliphatic heterocycles. The number of aliphatic imine (C=N–C) groups is 1. The summed E-state index contributed by atoms with van der Waals surface area (Å²) >= 11 is 1.73. The first kappa shape index (κ1) is 10.4. The van der Waals surface area contributed by atoms with E-state index in [1.54, 1.807) is 11.3 Å². The Morgan fingerprint density at radius 3 is 3.20 bits per heavy atom. The molecule has 82 valence electrons. The standard InChI is InChI=1S/C9H15N5S/c1-6-12-8(10)14-9(13-6)11-5-7-3-2-4-15-7/h2-4,6,9,11,13H,5H2,1H3,(H3,10,12,14). The SMILES string of the molecule is CC1N=C(N)NC(NCc2cccs2)N1. The van der Waals surface area contributed by atoms with Crippen molar-refractivity contribution in [2.75, 3.05) is 0 Å². The molecule has 15 heavy (non-hydrogen) atoms. The number of hydrogen-bond acceptors (Lipinski definition) is 6. The van der Waals surface area contributed by atoms with E-state index in [2.05, 4.69) is 32.4 Å². The van der Waals surface area contributed by atoms with Gasteiger partial charge < -0.3 is 11.1 Å². The topological polar surface area (TPSA) is 74.5 Å². The summed E-state index contributed by atoms with van der Waals surface area (Å²) in [6, 6.07) is 4.14. The molecule has 0 saturated heterocycles. The Morgan fingerprint density at radius 2 is 2.53 bits per heavy atom. The second-order valence-corrected chi connectivity index (χ2v) is 4.43. The average Bonchev–Trinajstić information content (AvgIpc) is 2.65. The molecule has 2 unspecified atom stereocenters. The third-order valence-electron chi connectivity index (χ3n) is 2.09. The molecule has 2 atom stereocenters. The normalized spacial score (nSPS) is 25.8. The van der Waals surface area contributed by atoms with Crippen LogP contribution in [0.4, 0.5) is 0 Å². The molecule has 6 heteroatoms. The minimum absolute atomic E-state index is 0.0143. The molecular weight excluding hydrogens is 210 g/mol. The molecule has 5 nitrogen and oxygen atoms in total. The quantitative estimate of drug-likeness (QED) is 0.583. The summed E-state index contributed by atoms with van der Waals surface area (Å²) in [5.41, 5.74) is 5.63. The number of nitrogens with one attached hydrogen (secondary N) is 3. The summed E-state index contributed by atoms with van der Waals surface area (Å²) in [6.07, 6.45) is 0.0340. The van der Waals surface area contributed by atoms with Crippen molar-refractivity contribution in [1.29, 1.82) is 0 Å². The molecule has 0 amide bonds. The number of nitrogens with zero attached hydrogens (tertiary/aromatic N) is 1. The van der Waals surface area contributed by atoms with Gasteiger partial charge in [-0.2, -0.15) is 0 Å². The fraction of sp³-hybridized carbons (Fsp3) is 0.444. The van der Waals surface area contributed by atoms with E-state index in [-0.39, 0.29) is 12.5 Å². The van der Waals surface area contributed by atoms with Gasteiger partial charge in [-0.1, -0.05) is 6.07 Å². The first-order chi connectivity index (χ1) is 7.24. The van der Waals surface area contributed by atoms with E-state index in [1.807, 2.05) is 13.0 Å². The zero-order chi connectivity index (χ0) is 10.7. The van der Waals surface area contributed by atoms with E-state index in [0.717, 1.165) is 6.54 Å². The lowest BCUT2D eigenvalue weighted by atomic mass is 10.4. The molecule has 0 saturated carbocycles. The Bertz CT molecular complexity index is 334. The zero-order valence-electron chi connectivity index (χ0n) is 8.53. The van der Waals surface area contributed by atoms with Gasteiger partial charge in [-0.25, -0.2) is 4.99 Å². The number of rotatable bonds is 3. The van der Waals surface area contributed by atoms with Crippen LogP contribution >= 0.6 is 11.3 Å². The van der Waals surface area contributed by atoms with E-state index in [0.29, 0.717) is 5.96 Å². The van der Waals surface area contributed by atoms with Crippen LogP contribution in [-0.2, 0) is 6.54 Å². The van der Waals surface area contributed by atoms with Crippen molar-refractivity contribution in [3.63, 3.8) is 0 Å².